The van der Waals surface area contributed by atoms with Crippen molar-refractivity contribution >= 4 is 29.5 Å². The Morgan fingerprint density at radius 2 is 1.59 bits per heavy atom. The second-order valence-corrected chi connectivity index (χ2v) is 9.05. The van der Waals surface area contributed by atoms with Crippen LogP contribution in [0, 0.1) is 0 Å². The number of aliphatic hydroxyl groups excluding tert-OH is 1. The van der Waals surface area contributed by atoms with Crippen LogP contribution in [0.4, 0.5) is 0 Å². The van der Waals surface area contributed by atoms with Crippen LogP contribution in [0.25, 0.3) is 0 Å². The van der Waals surface area contributed by atoms with E-state index in [9.17, 15) is 19.5 Å². The van der Waals surface area contributed by atoms with E-state index in [1.165, 1.54) is 20.8 Å². The minimum Gasteiger partial charge on any atom is -0.494 e. The number of aliphatic hydroxyl groups is 1. The number of hydrogen-bond acceptors (Lipinski definition) is 9. The number of rotatable bonds is 9. The molecule has 0 radical (unpaired) electrons. The Morgan fingerprint density at radius 1 is 0.946 bits per heavy atom. The van der Waals surface area contributed by atoms with Gasteiger partial charge in [-0.1, -0.05) is 35.9 Å². The largest absolute Gasteiger partial charge is 0.494 e. The van der Waals surface area contributed by atoms with Crippen molar-refractivity contribution < 1.29 is 43.2 Å². The third-order valence-electron chi connectivity index (χ3n) is 5.74. The van der Waals surface area contributed by atoms with Crippen LogP contribution >= 0.6 is 11.6 Å². The second kappa shape index (κ2) is 12.9. The lowest BCUT2D eigenvalue weighted by Gasteiger charge is -2.43. The van der Waals surface area contributed by atoms with Crippen molar-refractivity contribution in [2.75, 3.05) is 13.2 Å². The highest BCUT2D eigenvalue weighted by Crippen LogP contribution is 2.37. The third kappa shape index (κ3) is 7.67. The van der Waals surface area contributed by atoms with E-state index in [2.05, 4.69) is 0 Å². The predicted octanol–water partition coefficient (Wildman–Crippen LogP) is 3.56. The summed E-state index contributed by atoms with van der Waals surface area (Å²) in [5, 5.41) is 11.4. The summed E-state index contributed by atoms with van der Waals surface area (Å²) >= 11 is 6.50. The van der Waals surface area contributed by atoms with Crippen LogP contribution in [0.1, 0.15) is 50.5 Å². The molecule has 0 amide bonds. The van der Waals surface area contributed by atoms with Crippen molar-refractivity contribution in [1.29, 1.82) is 0 Å². The van der Waals surface area contributed by atoms with E-state index in [4.69, 9.17) is 35.3 Å². The molecule has 0 saturated carbocycles. The number of carbonyl (C=O) groups excluding carboxylic acids is 3. The molecule has 0 aliphatic carbocycles. The van der Waals surface area contributed by atoms with Gasteiger partial charge in [0.2, 0.25) is 0 Å². The summed E-state index contributed by atoms with van der Waals surface area (Å²) in [5.41, 5.74) is 2.35. The molecule has 1 aliphatic rings. The second-order valence-electron chi connectivity index (χ2n) is 8.64. The van der Waals surface area contributed by atoms with Gasteiger partial charge in [-0.3, -0.25) is 14.4 Å². The average Bonchev–Trinajstić information content (AvgIpc) is 2.83. The van der Waals surface area contributed by atoms with E-state index < -0.39 is 48.4 Å². The quantitative estimate of drug-likeness (QED) is 0.380. The van der Waals surface area contributed by atoms with E-state index in [1.54, 1.807) is 12.1 Å². The molecular formula is C27H31ClO9. The number of ether oxygens (including phenoxy) is 5. The highest BCUT2D eigenvalue weighted by atomic mass is 35.5. The van der Waals surface area contributed by atoms with E-state index in [0.29, 0.717) is 23.6 Å². The number of esters is 3. The molecule has 1 heterocycles. The normalized spacial score (nSPS) is 23.1. The van der Waals surface area contributed by atoms with Gasteiger partial charge >= 0.3 is 17.9 Å². The monoisotopic (exact) mass is 534 g/mol. The molecule has 0 bridgehead atoms. The van der Waals surface area contributed by atoms with Crippen LogP contribution in [-0.2, 0) is 39.8 Å². The molecule has 2 aromatic rings. The summed E-state index contributed by atoms with van der Waals surface area (Å²) in [6, 6.07) is 12.8. The van der Waals surface area contributed by atoms with E-state index >= 15 is 0 Å². The Bertz CT molecular complexity index is 1100. The zero-order valence-electron chi connectivity index (χ0n) is 21.1. The van der Waals surface area contributed by atoms with Gasteiger partial charge in [0, 0.05) is 25.8 Å². The fraction of sp³-hybridized carbons (Fsp3) is 0.444. The smallest absolute Gasteiger partial charge is 0.303 e. The summed E-state index contributed by atoms with van der Waals surface area (Å²) in [7, 11) is 0. The zero-order valence-corrected chi connectivity index (χ0v) is 21.9. The molecule has 1 saturated heterocycles. The molecule has 10 heteroatoms. The van der Waals surface area contributed by atoms with Crippen LogP contribution in [0.3, 0.4) is 0 Å². The zero-order chi connectivity index (χ0) is 27.1. The van der Waals surface area contributed by atoms with Crippen LogP contribution < -0.4 is 4.74 Å². The van der Waals surface area contributed by atoms with Crippen molar-refractivity contribution in [2.45, 2.75) is 64.6 Å². The first-order chi connectivity index (χ1) is 17.6. The third-order valence-corrected chi connectivity index (χ3v) is 6.11. The summed E-state index contributed by atoms with van der Waals surface area (Å²) < 4.78 is 27.5. The Labute approximate surface area is 220 Å². The van der Waals surface area contributed by atoms with Crippen molar-refractivity contribution in [3.05, 3.63) is 64.2 Å². The van der Waals surface area contributed by atoms with Crippen LogP contribution in [0.2, 0.25) is 5.02 Å². The van der Waals surface area contributed by atoms with E-state index in [0.717, 1.165) is 16.9 Å². The first kappa shape index (κ1) is 28.4. The van der Waals surface area contributed by atoms with Gasteiger partial charge in [0.15, 0.2) is 12.2 Å². The standard InChI is InChI=1S/C27H31ClO9/c1-5-33-21-9-6-18(7-10-21)12-20-13-19(8-11-22(20)28)25-27(36-17(4)31)26(35-16(3)30)24(32)23(37-25)14-34-15(2)29/h6-11,13,23-27,32H,5,12,14H2,1-4H3. The van der Waals surface area contributed by atoms with E-state index in [-0.39, 0.29) is 6.61 Å². The minimum atomic E-state index is -1.42. The highest BCUT2D eigenvalue weighted by Gasteiger charge is 2.50. The Balaban J connectivity index is 1.96. The van der Waals surface area contributed by atoms with Crippen molar-refractivity contribution in [1.82, 2.24) is 0 Å². The lowest BCUT2D eigenvalue weighted by Crippen LogP contribution is -2.58. The molecule has 0 spiro atoms. The number of carbonyl (C=O) groups is 3. The first-order valence-corrected chi connectivity index (χ1v) is 12.3. The average molecular weight is 535 g/mol. The highest BCUT2D eigenvalue weighted by molar-refractivity contribution is 6.31. The Hall–Kier alpha value is -3.14. The molecule has 0 aromatic heterocycles. The predicted molar refractivity (Wildman–Crippen MR) is 133 cm³/mol. The molecule has 200 valence electrons. The van der Waals surface area contributed by atoms with Crippen molar-refractivity contribution in [3.8, 4) is 5.75 Å². The maximum atomic E-state index is 12.0. The fourth-order valence-corrected chi connectivity index (χ4v) is 4.36. The molecule has 2 aromatic carbocycles. The van der Waals surface area contributed by atoms with Crippen LogP contribution in [0.5, 0.6) is 5.75 Å². The molecule has 1 aliphatic heterocycles. The van der Waals surface area contributed by atoms with Crippen molar-refractivity contribution in [3.63, 3.8) is 0 Å². The Morgan fingerprint density at radius 3 is 2.19 bits per heavy atom. The van der Waals surface area contributed by atoms with Gasteiger partial charge in [0.25, 0.3) is 0 Å². The number of hydrogen-bond donors (Lipinski definition) is 1. The minimum absolute atomic E-state index is 0.288. The number of benzene rings is 2. The number of halogens is 1. The maximum Gasteiger partial charge on any atom is 0.303 e. The van der Waals surface area contributed by atoms with E-state index in [1.807, 2.05) is 37.3 Å². The molecular weight excluding hydrogens is 504 g/mol. The van der Waals surface area contributed by atoms with Gasteiger partial charge in [0.1, 0.15) is 30.7 Å². The van der Waals surface area contributed by atoms with Gasteiger partial charge in [-0.05, 0) is 48.2 Å². The summed E-state index contributed by atoms with van der Waals surface area (Å²) in [4.78, 5) is 35.2. The molecule has 9 nitrogen and oxygen atoms in total. The first-order valence-electron chi connectivity index (χ1n) is 11.9. The molecule has 3 rings (SSSR count). The van der Waals surface area contributed by atoms with Crippen molar-refractivity contribution in [2.24, 2.45) is 0 Å². The topological polar surface area (TPSA) is 118 Å². The fourth-order valence-electron chi connectivity index (χ4n) is 4.18. The van der Waals surface area contributed by atoms with Gasteiger partial charge in [-0.2, -0.15) is 0 Å². The maximum absolute atomic E-state index is 12.0. The lowest BCUT2D eigenvalue weighted by atomic mass is 9.89. The summed E-state index contributed by atoms with van der Waals surface area (Å²) in [5.74, 6) is -1.13. The SMILES string of the molecule is CCOc1ccc(Cc2cc(C3OC(COC(C)=O)C(O)C(OC(C)=O)C3OC(C)=O)ccc2Cl)cc1. The molecule has 1 fully saturated rings. The molecule has 5 atom stereocenters. The van der Waals surface area contributed by atoms with Gasteiger partial charge in [-0.15, -0.1) is 0 Å². The van der Waals surface area contributed by atoms with Gasteiger partial charge in [0.05, 0.1) is 6.61 Å². The van der Waals surface area contributed by atoms with Gasteiger partial charge in [-0.25, -0.2) is 0 Å². The van der Waals surface area contributed by atoms with Gasteiger partial charge < -0.3 is 28.8 Å². The Kier molecular flexibility index (Phi) is 9.91. The van der Waals surface area contributed by atoms with Crippen LogP contribution in [0.15, 0.2) is 42.5 Å². The molecule has 37 heavy (non-hydrogen) atoms. The summed E-state index contributed by atoms with van der Waals surface area (Å²) in [6.07, 6.45) is -5.34. The lowest BCUT2D eigenvalue weighted by molar-refractivity contribution is -0.249. The molecule has 5 unspecified atom stereocenters. The molecule has 1 N–H and O–H groups in total. The summed E-state index contributed by atoms with van der Waals surface area (Å²) in [6.45, 7) is 5.81. The van der Waals surface area contributed by atoms with Crippen LogP contribution in [-0.4, -0.2) is 60.6 Å².